The van der Waals surface area contributed by atoms with Crippen LogP contribution in [0.2, 0.25) is 0 Å². The molecular weight excluding hydrogens is 332 g/mol. The first-order valence-corrected chi connectivity index (χ1v) is 8.57. The summed E-state index contributed by atoms with van der Waals surface area (Å²) in [6.07, 6.45) is 0. The average molecular weight is 350 g/mol. The molecule has 0 fully saturated rings. The highest BCUT2D eigenvalue weighted by molar-refractivity contribution is 7.87. The van der Waals surface area contributed by atoms with E-state index in [0.29, 0.717) is 18.0 Å². The second-order valence-corrected chi connectivity index (χ2v) is 6.42. The van der Waals surface area contributed by atoms with Gasteiger partial charge in [-0.25, -0.2) is 0 Å². The minimum Gasteiger partial charge on any atom is -0.494 e. The van der Waals surface area contributed by atoms with Gasteiger partial charge in [0.15, 0.2) is 0 Å². The smallest absolute Gasteiger partial charge is 0.339 e. The molecule has 0 heterocycles. The molecule has 0 saturated carbocycles. The predicted molar refractivity (Wildman–Crippen MR) is 90.6 cm³/mol. The quantitative estimate of drug-likeness (QED) is 0.612. The molecule has 0 saturated heterocycles. The summed E-state index contributed by atoms with van der Waals surface area (Å²) >= 11 is 0. The Morgan fingerprint density at radius 2 is 1.75 bits per heavy atom. The molecule has 0 atom stereocenters. The molecule has 0 spiro atoms. The van der Waals surface area contributed by atoms with Crippen molar-refractivity contribution < 1.29 is 22.1 Å². The number of rotatable bonds is 6. The first-order chi connectivity index (χ1) is 11.3. The molecule has 0 unspecified atom stereocenters. The number of nitrogens with one attached hydrogen (secondary N) is 1. The minimum atomic E-state index is -4.04. The third-order valence-electron chi connectivity index (χ3n) is 2.96. The minimum absolute atomic E-state index is 0.108. The van der Waals surface area contributed by atoms with Gasteiger partial charge >= 0.3 is 10.1 Å². The monoisotopic (exact) mass is 350 g/mol. The average Bonchev–Trinajstić information content (AvgIpc) is 2.51. The van der Waals surface area contributed by atoms with Crippen LogP contribution in [0.1, 0.15) is 13.8 Å². The van der Waals surface area contributed by atoms with E-state index >= 15 is 0 Å². The summed E-state index contributed by atoms with van der Waals surface area (Å²) < 4.78 is 35.0. The number of nitrogen functional groups attached to an aromatic ring is 1. The van der Waals surface area contributed by atoms with Crippen LogP contribution in [0.25, 0.3) is 0 Å². The lowest BCUT2D eigenvalue weighted by molar-refractivity contribution is -0.114. The summed E-state index contributed by atoms with van der Waals surface area (Å²) in [6.45, 7) is 3.70. The zero-order valence-electron chi connectivity index (χ0n) is 13.3. The Morgan fingerprint density at radius 1 is 1.12 bits per heavy atom. The molecular formula is C16H18N2O5S. The maximum absolute atomic E-state index is 12.3. The van der Waals surface area contributed by atoms with Gasteiger partial charge in [-0.05, 0) is 49.4 Å². The van der Waals surface area contributed by atoms with Crippen LogP contribution in [0.3, 0.4) is 0 Å². The van der Waals surface area contributed by atoms with E-state index in [1.165, 1.54) is 37.3 Å². The summed E-state index contributed by atoms with van der Waals surface area (Å²) in [5, 5.41) is 2.51. The third kappa shape index (κ3) is 4.39. The maximum atomic E-state index is 12.3. The van der Waals surface area contributed by atoms with Crippen LogP contribution in [-0.2, 0) is 14.9 Å². The normalized spacial score (nSPS) is 10.9. The van der Waals surface area contributed by atoms with Gasteiger partial charge in [0.1, 0.15) is 16.4 Å². The van der Waals surface area contributed by atoms with E-state index in [2.05, 4.69) is 5.32 Å². The first-order valence-electron chi connectivity index (χ1n) is 7.16. The van der Waals surface area contributed by atoms with Crippen molar-refractivity contribution in [2.45, 2.75) is 18.7 Å². The van der Waals surface area contributed by atoms with Gasteiger partial charge in [-0.2, -0.15) is 8.42 Å². The van der Waals surface area contributed by atoms with E-state index in [1.807, 2.05) is 6.92 Å². The Hall–Kier alpha value is -2.74. The second kappa shape index (κ2) is 7.22. The molecule has 2 rings (SSSR count). The second-order valence-electron chi connectivity index (χ2n) is 4.87. The molecule has 128 valence electrons. The highest BCUT2D eigenvalue weighted by Gasteiger charge is 2.18. The van der Waals surface area contributed by atoms with Crippen molar-refractivity contribution in [3.63, 3.8) is 0 Å². The molecule has 0 aliphatic heterocycles. The van der Waals surface area contributed by atoms with E-state index in [9.17, 15) is 13.2 Å². The zero-order chi connectivity index (χ0) is 17.7. The van der Waals surface area contributed by atoms with Crippen LogP contribution >= 0.6 is 0 Å². The van der Waals surface area contributed by atoms with Gasteiger partial charge in [0.25, 0.3) is 0 Å². The highest BCUT2D eigenvalue weighted by atomic mass is 32.2. The van der Waals surface area contributed by atoms with Gasteiger partial charge in [-0.3, -0.25) is 4.79 Å². The number of benzene rings is 2. The summed E-state index contributed by atoms with van der Waals surface area (Å²) in [5.74, 6) is 0.469. The van der Waals surface area contributed by atoms with Crippen LogP contribution in [0.15, 0.2) is 47.4 Å². The van der Waals surface area contributed by atoms with Crippen molar-refractivity contribution >= 4 is 27.4 Å². The Balaban J connectivity index is 2.20. The van der Waals surface area contributed by atoms with Crippen LogP contribution in [0.4, 0.5) is 11.4 Å². The number of carbonyl (C=O) groups is 1. The van der Waals surface area contributed by atoms with Crippen molar-refractivity contribution in [3.05, 3.63) is 42.5 Å². The Labute approximate surface area is 140 Å². The summed E-state index contributed by atoms with van der Waals surface area (Å²) in [4.78, 5) is 10.9. The maximum Gasteiger partial charge on any atom is 0.339 e. The Bertz CT molecular complexity index is 832. The topological polar surface area (TPSA) is 108 Å². The van der Waals surface area contributed by atoms with Gasteiger partial charge < -0.3 is 20.0 Å². The van der Waals surface area contributed by atoms with Crippen LogP contribution in [0, 0.1) is 0 Å². The van der Waals surface area contributed by atoms with E-state index in [4.69, 9.17) is 14.7 Å². The van der Waals surface area contributed by atoms with Crippen molar-refractivity contribution in [1.82, 2.24) is 0 Å². The van der Waals surface area contributed by atoms with Gasteiger partial charge in [-0.15, -0.1) is 0 Å². The summed E-state index contributed by atoms with van der Waals surface area (Å²) in [5.41, 5.74) is 6.22. The van der Waals surface area contributed by atoms with Crippen molar-refractivity contribution in [1.29, 1.82) is 0 Å². The molecule has 1 amide bonds. The lowest BCUT2D eigenvalue weighted by Crippen LogP contribution is -2.12. The molecule has 3 N–H and O–H groups in total. The predicted octanol–water partition coefficient (Wildman–Crippen LogP) is 2.39. The van der Waals surface area contributed by atoms with Crippen molar-refractivity contribution in [2.75, 3.05) is 17.7 Å². The zero-order valence-corrected chi connectivity index (χ0v) is 14.1. The van der Waals surface area contributed by atoms with Crippen molar-refractivity contribution in [2.24, 2.45) is 0 Å². The Morgan fingerprint density at radius 3 is 2.29 bits per heavy atom. The van der Waals surface area contributed by atoms with E-state index in [-0.39, 0.29) is 22.2 Å². The molecule has 7 nitrogen and oxygen atoms in total. The first kappa shape index (κ1) is 17.6. The number of hydrogen-bond donors (Lipinski definition) is 2. The largest absolute Gasteiger partial charge is 0.494 e. The van der Waals surface area contributed by atoms with E-state index in [1.54, 1.807) is 12.1 Å². The summed E-state index contributed by atoms with van der Waals surface area (Å²) in [7, 11) is -4.04. The number of hydrogen-bond acceptors (Lipinski definition) is 6. The molecule has 0 aliphatic carbocycles. The van der Waals surface area contributed by atoms with Gasteiger partial charge in [0.05, 0.1) is 18.0 Å². The number of anilines is 2. The van der Waals surface area contributed by atoms with E-state index < -0.39 is 10.1 Å². The molecule has 2 aromatic rings. The van der Waals surface area contributed by atoms with Gasteiger partial charge in [0.2, 0.25) is 5.91 Å². The highest BCUT2D eigenvalue weighted by Crippen LogP contribution is 2.26. The molecule has 0 aliphatic rings. The van der Waals surface area contributed by atoms with E-state index in [0.717, 1.165) is 0 Å². The van der Waals surface area contributed by atoms with Gasteiger partial charge in [0, 0.05) is 6.92 Å². The number of amides is 1. The molecule has 0 aromatic heterocycles. The fraction of sp³-hybridized carbons (Fsp3) is 0.188. The fourth-order valence-electron chi connectivity index (χ4n) is 1.93. The Kier molecular flexibility index (Phi) is 5.30. The van der Waals surface area contributed by atoms with Crippen LogP contribution < -0.4 is 20.0 Å². The number of nitrogens with two attached hydrogens (primary N) is 1. The number of ether oxygens (including phenoxy) is 1. The van der Waals surface area contributed by atoms with Gasteiger partial charge in [-0.1, -0.05) is 0 Å². The lowest BCUT2D eigenvalue weighted by atomic mass is 10.2. The van der Waals surface area contributed by atoms with Crippen LogP contribution in [0.5, 0.6) is 11.5 Å². The molecule has 0 bridgehead atoms. The molecule has 24 heavy (non-hydrogen) atoms. The summed E-state index contributed by atoms with van der Waals surface area (Å²) in [6, 6.07) is 10.2. The third-order valence-corrected chi connectivity index (χ3v) is 4.21. The fourth-order valence-corrected chi connectivity index (χ4v) is 2.90. The molecule has 2 aromatic carbocycles. The molecule has 0 radical (unpaired) electrons. The number of carbonyl (C=O) groups excluding carboxylic acids is 1. The molecule has 8 heteroatoms. The van der Waals surface area contributed by atoms with Crippen molar-refractivity contribution in [3.8, 4) is 11.5 Å². The SMILES string of the molecule is CCOc1ccc(OS(=O)(=O)c2ccc(NC(C)=O)c(N)c2)cc1. The van der Waals surface area contributed by atoms with Crippen LogP contribution in [-0.4, -0.2) is 20.9 Å². The standard InChI is InChI=1S/C16H18N2O5S/c1-3-22-12-4-6-13(7-5-12)23-24(20,21)14-8-9-16(15(17)10-14)18-11(2)19/h4-10H,3,17H2,1-2H3,(H,18,19). The lowest BCUT2D eigenvalue weighted by Gasteiger charge is -2.11.